The molecular formula is C16H14O2S2. The number of hydrogen-bond acceptors (Lipinski definition) is 4. The molecule has 0 aliphatic carbocycles. The summed E-state index contributed by atoms with van der Waals surface area (Å²) in [6, 6.07) is 15.2. The van der Waals surface area contributed by atoms with Crippen LogP contribution in [-0.2, 0) is 0 Å². The van der Waals surface area contributed by atoms with Gasteiger partial charge in [0.2, 0.25) is 0 Å². The largest absolute Gasteiger partial charge is 0.497 e. The van der Waals surface area contributed by atoms with Crippen LogP contribution < -0.4 is 9.47 Å². The van der Waals surface area contributed by atoms with Crippen LogP contribution >= 0.6 is 24.4 Å². The monoisotopic (exact) mass is 302 g/mol. The Bertz CT molecular complexity index is 636. The summed E-state index contributed by atoms with van der Waals surface area (Å²) in [6.45, 7) is 0. The maximum atomic E-state index is 5.51. The Hall–Kier alpha value is -1.78. The number of thiocarbonyl (C=S) groups is 2. The SMILES string of the molecule is COc1ccc(OC)c(C(=S)C(=S)c2ccccc2)c1. The third-order valence-corrected chi connectivity index (χ3v) is 3.89. The van der Waals surface area contributed by atoms with E-state index in [4.69, 9.17) is 33.9 Å². The molecule has 0 spiro atoms. The van der Waals surface area contributed by atoms with Crippen LogP contribution in [0.3, 0.4) is 0 Å². The van der Waals surface area contributed by atoms with Gasteiger partial charge in [-0.15, -0.1) is 0 Å². The summed E-state index contributed by atoms with van der Waals surface area (Å²) in [4.78, 5) is 1.22. The molecule has 0 bridgehead atoms. The molecule has 2 rings (SSSR count). The van der Waals surface area contributed by atoms with Crippen LogP contribution in [0.2, 0.25) is 0 Å². The second kappa shape index (κ2) is 6.59. The second-order valence-electron chi connectivity index (χ2n) is 4.09. The molecule has 0 radical (unpaired) electrons. The summed E-state index contributed by atoms with van der Waals surface area (Å²) in [5.74, 6) is 1.41. The number of hydrogen-bond donors (Lipinski definition) is 0. The van der Waals surface area contributed by atoms with E-state index in [2.05, 4.69) is 0 Å². The Balaban J connectivity index is 2.40. The molecule has 20 heavy (non-hydrogen) atoms. The highest BCUT2D eigenvalue weighted by molar-refractivity contribution is 7.90. The normalized spacial score (nSPS) is 9.90. The van der Waals surface area contributed by atoms with Crippen molar-refractivity contribution < 1.29 is 9.47 Å². The lowest BCUT2D eigenvalue weighted by atomic mass is 10.0. The predicted octanol–water partition coefficient (Wildman–Crippen LogP) is 3.84. The average Bonchev–Trinajstić information content (AvgIpc) is 2.53. The van der Waals surface area contributed by atoms with Gasteiger partial charge in [-0.25, -0.2) is 0 Å². The van der Waals surface area contributed by atoms with E-state index in [-0.39, 0.29) is 0 Å². The maximum absolute atomic E-state index is 5.51. The first-order valence-electron chi connectivity index (χ1n) is 6.03. The summed E-state index contributed by atoms with van der Waals surface area (Å²) >= 11 is 11.0. The summed E-state index contributed by atoms with van der Waals surface area (Å²) in [5, 5.41) is 0. The van der Waals surface area contributed by atoms with E-state index in [0.29, 0.717) is 15.5 Å². The van der Waals surface area contributed by atoms with Gasteiger partial charge in [0.05, 0.1) is 23.9 Å². The van der Waals surface area contributed by atoms with E-state index in [9.17, 15) is 0 Å². The summed E-state index contributed by atoms with van der Waals surface area (Å²) in [6.07, 6.45) is 0. The maximum Gasteiger partial charge on any atom is 0.127 e. The highest BCUT2D eigenvalue weighted by atomic mass is 32.1. The standard InChI is InChI=1S/C16H14O2S2/c1-17-12-8-9-14(18-2)13(10-12)16(20)15(19)11-6-4-3-5-7-11/h3-10H,1-2H3. The van der Waals surface area contributed by atoms with E-state index in [1.807, 2.05) is 48.5 Å². The van der Waals surface area contributed by atoms with Crippen LogP contribution in [0.15, 0.2) is 48.5 Å². The van der Waals surface area contributed by atoms with Gasteiger partial charge in [-0.2, -0.15) is 0 Å². The number of ether oxygens (including phenoxy) is 2. The van der Waals surface area contributed by atoms with Crippen LogP contribution in [0.5, 0.6) is 11.5 Å². The van der Waals surface area contributed by atoms with Crippen molar-refractivity contribution >= 4 is 34.2 Å². The topological polar surface area (TPSA) is 18.5 Å². The number of rotatable bonds is 5. The van der Waals surface area contributed by atoms with Gasteiger partial charge < -0.3 is 9.47 Å². The van der Waals surface area contributed by atoms with E-state index >= 15 is 0 Å². The van der Waals surface area contributed by atoms with Gasteiger partial charge in [-0.3, -0.25) is 0 Å². The van der Waals surface area contributed by atoms with Crippen LogP contribution in [0.1, 0.15) is 11.1 Å². The highest BCUT2D eigenvalue weighted by Gasteiger charge is 2.15. The summed E-state index contributed by atoms with van der Waals surface area (Å²) < 4.78 is 10.6. The van der Waals surface area contributed by atoms with Crippen LogP contribution in [0.4, 0.5) is 0 Å². The summed E-state index contributed by atoms with van der Waals surface area (Å²) in [5.41, 5.74) is 1.70. The minimum Gasteiger partial charge on any atom is -0.497 e. The molecule has 0 aliphatic rings. The van der Waals surface area contributed by atoms with Crippen molar-refractivity contribution in [3.63, 3.8) is 0 Å². The smallest absolute Gasteiger partial charge is 0.127 e. The van der Waals surface area contributed by atoms with Crippen molar-refractivity contribution in [2.45, 2.75) is 0 Å². The van der Waals surface area contributed by atoms with Gasteiger partial charge in [0, 0.05) is 5.56 Å². The van der Waals surface area contributed by atoms with E-state index in [1.165, 1.54) is 0 Å². The number of benzene rings is 2. The van der Waals surface area contributed by atoms with Gasteiger partial charge in [-0.1, -0.05) is 54.8 Å². The van der Waals surface area contributed by atoms with Crippen molar-refractivity contribution in [1.29, 1.82) is 0 Å². The first-order valence-corrected chi connectivity index (χ1v) is 6.85. The Morgan fingerprint density at radius 1 is 0.850 bits per heavy atom. The highest BCUT2D eigenvalue weighted by Crippen LogP contribution is 2.26. The third-order valence-electron chi connectivity index (χ3n) is 2.89. The minimum absolute atomic E-state index is 0.585. The number of methoxy groups -OCH3 is 2. The van der Waals surface area contributed by atoms with Crippen LogP contribution in [-0.4, -0.2) is 23.9 Å². The molecule has 0 atom stereocenters. The molecule has 0 N–H and O–H groups in total. The average molecular weight is 302 g/mol. The lowest BCUT2D eigenvalue weighted by molar-refractivity contribution is 0.402. The van der Waals surface area contributed by atoms with Gasteiger partial charge in [-0.05, 0) is 23.8 Å². The zero-order chi connectivity index (χ0) is 14.5. The summed E-state index contributed by atoms with van der Waals surface area (Å²) in [7, 11) is 3.23. The molecule has 0 saturated heterocycles. The van der Waals surface area contributed by atoms with Crippen molar-refractivity contribution in [2.24, 2.45) is 0 Å². The fraction of sp³-hybridized carbons (Fsp3) is 0.125. The lowest BCUT2D eigenvalue weighted by Crippen LogP contribution is -2.13. The van der Waals surface area contributed by atoms with Crippen LogP contribution in [0.25, 0.3) is 0 Å². The molecule has 2 nitrogen and oxygen atoms in total. The zero-order valence-electron chi connectivity index (χ0n) is 11.3. The fourth-order valence-electron chi connectivity index (χ4n) is 1.83. The first kappa shape index (κ1) is 14.6. The molecule has 2 aromatic rings. The van der Waals surface area contributed by atoms with Crippen LogP contribution in [0, 0.1) is 0 Å². The van der Waals surface area contributed by atoms with Gasteiger partial charge >= 0.3 is 0 Å². The Morgan fingerprint density at radius 3 is 2.15 bits per heavy atom. The molecule has 0 aromatic heterocycles. The molecule has 4 heteroatoms. The third kappa shape index (κ3) is 3.03. The van der Waals surface area contributed by atoms with E-state index in [0.717, 1.165) is 16.9 Å². The molecule has 0 heterocycles. The fourth-order valence-corrected chi connectivity index (χ4v) is 2.36. The van der Waals surface area contributed by atoms with Gasteiger partial charge in [0.25, 0.3) is 0 Å². The lowest BCUT2D eigenvalue weighted by Gasteiger charge is -2.12. The van der Waals surface area contributed by atoms with E-state index < -0.39 is 0 Å². The quantitative estimate of drug-likeness (QED) is 0.617. The molecule has 0 saturated carbocycles. The molecule has 0 amide bonds. The second-order valence-corrected chi connectivity index (χ2v) is 4.91. The van der Waals surface area contributed by atoms with Crippen molar-refractivity contribution in [1.82, 2.24) is 0 Å². The Kier molecular flexibility index (Phi) is 4.82. The molecule has 0 unspecified atom stereocenters. The van der Waals surface area contributed by atoms with Crippen molar-refractivity contribution in [3.8, 4) is 11.5 Å². The van der Waals surface area contributed by atoms with Crippen molar-refractivity contribution in [3.05, 3.63) is 59.7 Å². The molecule has 0 aliphatic heterocycles. The van der Waals surface area contributed by atoms with Crippen molar-refractivity contribution in [2.75, 3.05) is 14.2 Å². The molecular weight excluding hydrogens is 288 g/mol. The Labute approximate surface area is 129 Å². The predicted molar refractivity (Wildman–Crippen MR) is 89.4 cm³/mol. The molecule has 2 aromatic carbocycles. The van der Waals surface area contributed by atoms with Gasteiger partial charge in [0.15, 0.2) is 0 Å². The molecule has 0 fully saturated rings. The zero-order valence-corrected chi connectivity index (χ0v) is 12.9. The van der Waals surface area contributed by atoms with Gasteiger partial charge in [0.1, 0.15) is 11.5 Å². The minimum atomic E-state index is 0.585. The first-order chi connectivity index (χ1) is 9.67. The Morgan fingerprint density at radius 2 is 1.55 bits per heavy atom. The van der Waals surface area contributed by atoms with E-state index in [1.54, 1.807) is 14.2 Å². The molecule has 102 valence electrons.